The lowest BCUT2D eigenvalue weighted by atomic mass is 10.1. The molecular formula is C15H15N3. The van der Waals surface area contributed by atoms with Crippen LogP contribution < -0.4 is 0 Å². The lowest BCUT2D eigenvalue weighted by Crippen LogP contribution is -2.02. The Bertz CT molecular complexity index is 569. The number of nitriles is 1. The monoisotopic (exact) mass is 237 g/mol. The minimum Gasteiger partial charge on any atom is -0.382 e. The Morgan fingerprint density at radius 1 is 1.17 bits per heavy atom. The van der Waals surface area contributed by atoms with E-state index in [9.17, 15) is 0 Å². The van der Waals surface area contributed by atoms with Crippen LogP contribution in [-0.2, 0) is 0 Å². The first kappa shape index (κ1) is 12.0. The van der Waals surface area contributed by atoms with Gasteiger partial charge in [0.25, 0.3) is 0 Å². The van der Waals surface area contributed by atoms with E-state index in [0.29, 0.717) is 5.57 Å². The van der Waals surface area contributed by atoms with Crippen molar-refractivity contribution in [1.29, 1.82) is 5.26 Å². The summed E-state index contributed by atoms with van der Waals surface area (Å²) in [5.41, 5.74) is 2.69. The van der Waals surface area contributed by atoms with E-state index in [1.54, 1.807) is 0 Å². The number of nitrogens with zero attached hydrogens (tertiary/aromatic N) is 3. The van der Waals surface area contributed by atoms with Crippen LogP contribution in [0.15, 0.2) is 55.0 Å². The van der Waals surface area contributed by atoms with Gasteiger partial charge in [0, 0.05) is 38.4 Å². The molecule has 0 aliphatic heterocycles. The van der Waals surface area contributed by atoms with E-state index in [2.05, 4.69) is 6.07 Å². The molecule has 1 aromatic carbocycles. The van der Waals surface area contributed by atoms with Crippen molar-refractivity contribution in [3.8, 4) is 11.8 Å². The Labute approximate surface area is 107 Å². The summed E-state index contributed by atoms with van der Waals surface area (Å²) in [4.78, 5) is 1.87. The van der Waals surface area contributed by atoms with Gasteiger partial charge in [-0.15, -0.1) is 0 Å². The fourth-order valence-electron chi connectivity index (χ4n) is 1.75. The molecule has 1 heterocycles. The van der Waals surface area contributed by atoms with Gasteiger partial charge in [0.05, 0.1) is 5.57 Å². The normalized spacial score (nSPS) is 11.1. The van der Waals surface area contributed by atoms with Gasteiger partial charge >= 0.3 is 0 Å². The second-order valence-corrected chi connectivity index (χ2v) is 4.26. The van der Waals surface area contributed by atoms with E-state index >= 15 is 0 Å². The van der Waals surface area contributed by atoms with Gasteiger partial charge in [-0.25, -0.2) is 0 Å². The summed E-state index contributed by atoms with van der Waals surface area (Å²) in [5, 5.41) is 9.13. The molecule has 0 amide bonds. The molecule has 0 N–H and O–H groups in total. The van der Waals surface area contributed by atoms with Crippen molar-refractivity contribution >= 4 is 5.57 Å². The third-order valence-corrected chi connectivity index (χ3v) is 2.59. The lowest BCUT2D eigenvalue weighted by Gasteiger charge is -2.08. The molecule has 3 heteroatoms. The molecule has 0 bridgehead atoms. The highest BCUT2D eigenvalue weighted by molar-refractivity contribution is 5.76. The molecule has 1 aromatic heterocycles. The molecule has 0 atom stereocenters. The molecule has 0 fully saturated rings. The molecule has 0 radical (unpaired) electrons. The van der Waals surface area contributed by atoms with E-state index in [0.717, 1.165) is 11.3 Å². The van der Waals surface area contributed by atoms with Gasteiger partial charge in [-0.2, -0.15) is 5.26 Å². The summed E-state index contributed by atoms with van der Waals surface area (Å²) in [6.45, 7) is 0. The zero-order valence-electron chi connectivity index (χ0n) is 10.5. The summed E-state index contributed by atoms with van der Waals surface area (Å²) in [5.74, 6) is 0. The summed E-state index contributed by atoms with van der Waals surface area (Å²) >= 11 is 0. The van der Waals surface area contributed by atoms with Gasteiger partial charge in [-0.3, -0.25) is 0 Å². The van der Waals surface area contributed by atoms with Crippen molar-refractivity contribution < 1.29 is 0 Å². The van der Waals surface area contributed by atoms with Gasteiger partial charge in [0.15, 0.2) is 0 Å². The number of hydrogen-bond acceptors (Lipinski definition) is 2. The average molecular weight is 237 g/mol. The van der Waals surface area contributed by atoms with Crippen molar-refractivity contribution in [3.05, 3.63) is 60.6 Å². The van der Waals surface area contributed by atoms with Crippen molar-refractivity contribution in [2.75, 3.05) is 14.1 Å². The predicted molar refractivity (Wildman–Crippen MR) is 73.0 cm³/mol. The fourth-order valence-corrected chi connectivity index (χ4v) is 1.75. The Morgan fingerprint density at radius 3 is 2.28 bits per heavy atom. The van der Waals surface area contributed by atoms with Gasteiger partial charge in [0.1, 0.15) is 6.07 Å². The van der Waals surface area contributed by atoms with Gasteiger partial charge in [0.2, 0.25) is 0 Å². The van der Waals surface area contributed by atoms with Crippen LogP contribution in [0.25, 0.3) is 11.3 Å². The summed E-state index contributed by atoms with van der Waals surface area (Å²) in [6.07, 6.45) is 5.82. The highest BCUT2D eigenvalue weighted by Gasteiger charge is 2.01. The van der Waals surface area contributed by atoms with E-state index in [-0.39, 0.29) is 0 Å². The van der Waals surface area contributed by atoms with Crippen LogP contribution in [-0.4, -0.2) is 23.6 Å². The van der Waals surface area contributed by atoms with Crippen LogP contribution in [0.1, 0.15) is 5.56 Å². The molecule has 18 heavy (non-hydrogen) atoms. The molecule has 2 aromatic rings. The Hall–Kier alpha value is -2.47. The van der Waals surface area contributed by atoms with E-state index in [1.807, 2.05) is 78.6 Å². The molecule has 0 unspecified atom stereocenters. The number of aromatic nitrogens is 1. The quantitative estimate of drug-likeness (QED) is 0.769. The minimum absolute atomic E-state index is 0.666. The summed E-state index contributed by atoms with van der Waals surface area (Å²) < 4.78 is 2.03. The average Bonchev–Trinajstić information content (AvgIpc) is 2.90. The van der Waals surface area contributed by atoms with Crippen LogP contribution in [0.4, 0.5) is 0 Å². The first-order valence-corrected chi connectivity index (χ1v) is 5.73. The van der Waals surface area contributed by atoms with E-state index < -0.39 is 0 Å². The Morgan fingerprint density at radius 2 is 1.78 bits per heavy atom. The Balaban J connectivity index is 2.31. The SMILES string of the molecule is CN(C)/C=C(/C#N)c1ccc(-n2cccc2)cc1. The number of benzene rings is 1. The molecule has 2 rings (SSSR count). The van der Waals surface area contributed by atoms with Crippen molar-refractivity contribution in [2.24, 2.45) is 0 Å². The summed E-state index contributed by atoms with van der Waals surface area (Å²) in [7, 11) is 3.82. The molecule has 90 valence electrons. The highest BCUT2D eigenvalue weighted by Crippen LogP contribution is 2.17. The van der Waals surface area contributed by atoms with Crippen molar-refractivity contribution in [3.63, 3.8) is 0 Å². The zero-order chi connectivity index (χ0) is 13.0. The van der Waals surface area contributed by atoms with Crippen LogP contribution in [0.3, 0.4) is 0 Å². The van der Waals surface area contributed by atoms with Crippen molar-refractivity contribution in [2.45, 2.75) is 0 Å². The van der Waals surface area contributed by atoms with E-state index in [4.69, 9.17) is 5.26 Å². The van der Waals surface area contributed by atoms with Crippen molar-refractivity contribution in [1.82, 2.24) is 9.47 Å². The summed E-state index contributed by atoms with van der Waals surface area (Å²) in [6, 6.07) is 14.1. The molecule has 0 saturated carbocycles. The van der Waals surface area contributed by atoms with Crippen LogP contribution in [0.2, 0.25) is 0 Å². The fraction of sp³-hybridized carbons (Fsp3) is 0.133. The molecular weight excluding hydrogens is 222 g/mol. The molecule has 3 nitrogen and oxygen atoms in total. The first-order valence-electron chi connectivity index (χ1n) is 5.73. The maximum absolute atomic E-state index is 9.13. The lowest BCUT2D eigenvalue weighted by molar-refractivity contribution is 0.566. The molecule has 0 saturated heterocycles. The molecule has 0 aliphatic rings. The Kier molecular flexibility index (Phi) is 3.49. The third-order valence-electron chi connectivity index (χ3n) is 2.59. The second-order valence-electron chi connectivity index (χ2n) is 4.26. The maximum Gasteiger partial charge on any atom is 0.101 e. The third kappa shape index (κ3) is 2.61. The number of hydrogen-bond donors (Lipinski definition) is 0. The predicted octanol–water partition coefficient (Wildman–Crippen LogP) is 2.90. The second kappa shape index (κ2) is 5.24. The van der Waals surface area contributed by atoms with Crippen LogP contribution in [0.5, 0.6) is 0 Å². The maximum atomic E-state index is 9.13. The van der Waals surface area contributed by atoms with Gasteiger partial charge in [-0.05, 0) is 29.8 Å². The standard InChI is InChI=1S/C15H15N3/c1-17(2)12-14(11-16)13-5-7-15(8-6-13)18-9-3-4-10-18/h3-10,12H,1-2H3/b14-12-. The number of rotatable bonds is 3. The highest BCUT2D eigenvalue weighted by atomic mass is 15.0. The largest absolute Gasteiger partial charge is 0.382 e. The van der Waals surface area contributed by atoms with Crippen LogP contribution >= 0.6 is 0 Å². The van der Waals surface area contributed by atoms with Gasteiger partial charge in [-0.1, -0.05) is 12.1 Å². The number of allylic oxidation sites excluding steroid dienone is 1. The van der Waals surface area contributed by atoms with Crippen LogP contribution in [0, 0.1) is 11.3 Å². The zero-order valence-corrected chi connectivity index (χ0v) is 10.5. The molecule has 0 spiro atoms. The minimum atomic E-state index is 0.666. The van der Waals surface area contributed by atoms with Gasteiger partial charge < -0.3 is 9.47 Å². The van der Waals surface area contributed by atoms with E-state index in [1.165, 1.54) is 0 Å². The smallest absolute Gasteiger partial charge is 0.101 e. The first-order chi connectivity index (χ1) is 8.70. The molecule has 0 aliphatic carbocycles. The topological polar surface area (TPSA) is 32.0 Å².